The first-order valence-corrected chi connectivity index (χ1v) is 8.33. The lowest BCUT2D eigenvalue weighted by molar-refractivity contribution is -0.137. The number of nitrogens with zero attached hydrogens (tertiary/aromatic N) is 2. The predicted molar refractivity (Wildman–Crippen MR) is 95.1 cm³/mol. The summed E-state index contributed by atoms with van der Waals surface area (Å²) >= 11 is 12.3. The summed E-state index contributed by atoms with van der Waals surface area (Å²) in [7, 11) is 1.68. The normalized spacial score (nSPS) is 12.0. The van der Waals surface area contributed by atoms with Gasteiger partial charge in [0.05, 0.1) is 16.1 Å². The van der Waals surface area contributed by atoms with Gasteiger partial charge in [-0.2, -0.15) is 13.2 Å². The van der Waals surface area contributed by atoms with Gasteiger partial charge in [-0.05, 0) is 30.7 Å². The first-order valence-electron chi connectivity index (χ1n) is 7.57. The van der Waals surface area contributed by atoms with Crippen molar-refractivity contribution in [3.8, 4) is 0 Å². The molecular weight excluding hydrogens is 388 g/mol. The third-order valence-electron chi connectivity index (χ3n) is 4.36. The van der Waals surface area contributed by atoms with Crippen LogP contribution >= 0.6 is 23.2 Å². The number of benzene rings is 1. The van der Waals surface area contributed by atoms with E-state index in [4.69, 9.17) is 23.2 Å². The van der Waals surface area contributed by atoms with Crippen molar-refractivity contribution in [2.75, 3.05) is 0 Å². The molecule has 1 aromatic carbocycles. The Kier molecular flexibility index (Phi) is 4.75. The molecule has 0 aliphatic heterocycles. The molecule has 26 heavy (non-hydrogen) atoms. The molecule has 0 saturated heterocycles. The Balaban J connectivity index is 2.15. The summed E-state index contributed by atoms with van der Waals surface area (Å²) in [6.07, 6.45) is -2.32. The molecule has 0 radical (unpaired) electrons. The number of rotatable bonds is 3. The van der Waals surface area contributed by atoms with Gasteiger partial charge in [-0.25, -0.2) is 4.98 Å². The van der Waals surface area contributed by atoms with Crippen molar-refractivity contribution in [2.24, 2.45) is 7.05 Å². The zero-order valence-electron chi connectivity index (χ0n) is 13.8. The molecule has 0 spiro atoms. The first-order chi connectivity index (χ1) is 12.1. The summed E-state index contributed by atoms with van der Waals surface area (Å²) in [5.74, 6) is 0. The number of fused-ring (bicyclic) bond motifs is 1. The molecule has 0 amide bonds. The SMILES string of the molecule is Cc1cc(C(F)(F)F)cc2c1cc(Cc1c(Cl)ncc(C=O)c1Cl)n2C. The number of aldehydes is 1. The van der Waals surface area contributed by atoms with E-state index >= 15 is 0 Å². The number of aromatic nitrogens is 2. The summed E-state index contributed by atoms with van der Waals surface area (Å²) in [5, 5.41) is 1.05. The molecule has 2 heterocycles. The van der Waals surface area contributed by atoms with E-state index < -0.39 is 11.7 Å². The second-order valence-corrected chi connectivity index (χ2v) is 6.75. The average Bonchev–Trinajstić information content (AvgIpc) is 2.88. The lowest BCUT2D eigenvalue weighted by atomic mass is 10.1. The van der Waals surface area contributed by atoms with Crippen LogP contribution < -0.4 is 0 Å². The van der Waals surface area contributed by atoms with Gasteiger partial charge >= 0.3 is 6.18 Å². The van der Waals surface area contributed by atoms with E-state index in [1.807, 2.05) is 0 Å². The lowest BCUT2D eigenvalue weighted by Crippen LogP contribution is -2.06. The fraction of sp³-hybridized carbons (Fsp3) is 0.222. The molecule has 0 fully saturated rings. The highest BCUT2D eigenvalue weighted by molar-refractivity contribution is 6.36. The van der Waals surface area contributed by atoms with Crippen LogP contribution in [0.2, 0.25) is 10.2 Å². The number of hydrogen-bond donors (Lipinski definition) is 0. The summed E-state index contributed by atoms with van der Waals surface area (Å²) in [4.78, 5) is 15.0. The highest BCUT2D eigenvalue weighted by atomic mass is 35.5. The van der Waals surface area contributed by atoms with Gasteiger partial charge in [-0.1, -0.05) is 23.2 Å². The molecule has 3 aromatic rings. The van der Waals surface area contributed by atoms with Crippen molar-refractivity contribution in [1.29, 1.82) is 0 Å². The van der Waals surface area contributed by atoms with Crippen LogP contribution in [-0.2, 0) is 19.6 Å². The molecule has 0 bridgehead atoms. The van der Waals surface area contributed by atoms with E-state index in [9.17, 15) is 18.0 Å². The molecule has 3 nitrogen and oxygen atoms in total. The Labute approximate surface area is 157 Å². The van der Waals surface area contributed by atoms with Crippen LogP contribution in [0.1, 0.15) is 32.7 Å². The monoisotopic (exact) mass is 400 g/mol. The molecule has 0 N–H and O–H groups in total. The van der Waals surface area contributed by atoms with Gasteiger partial charge in [0.15, 0.2) is 6.29 Å². The fourth-order valence-electron chi connectivity index (χ4n) is 2.94. The minimum atomic E-state index is -4.42. The van der Waals surface area contributed by atoms with Gasteiger partial charge in [0.1, 0.15) is 5.15 Å². The maximum absolute atomic E-state index is 13.1. The Hall–Kier alpha value is -2.05. The average molecular weight is 401 g/mol. The number of halogens is 5. The Morgan fingerprint density at radius 3 is 2.54 bits per heavy atom. The smallest absolute Gasteiger partial charge is 0.347 e. The minimum Gasteiger partial charge on any atom is -0.347 e. The molecule has 0 unspecified atom stereocenters. The first kappa shape index (κ1) is 18.7. The second kappa shape index (κ2) is 6.59. The summed E-state index contributed by atoms with van der Waals surface area (Å²) in [6.45, 7) is 1.63. The van der Waals surface area contributed by atoms with Gasteiger partial charge in [0, 0.05) is 41.8 Å². The Morgan fingerprint density at radius 1 is 1.23 bits per heavy atom. The van der Waals surface area contributed by atoms with Crippen LogP contribution in [0.25, 0.3) is 10.9 Å². The van der Waals surface area contributed by atoms with Crippen LogP contribution in [0.4, 0.5) is 13.2 Å². The highest BCUT2D eigenvalue weighted by Crippen LogP contribution is 2.35. The van der Waals surface area contributed by atoms with Gasteiger partial charge in [-0.3, -0.25) is 4.79 Å². The van der Waals surface area contributed by atoms with Crippen LogP contribution in [0.3, 0.4) is 0 Å². The quantitative estimate of drug-likeness (QED) is 0.422. The Bertz CT molecular complexity index is 1030. The maximum Gasteiger partial charge on any atom is 0.416 e. The van der Waals surface area contributed by atoms with Crippen molar-refractivity contribution >= 4 is 40.4 Å². The molecule has 0 aliphatic carbocycles. The summed E-state index contributed by atoms with van der Waals surface area (Å²) in [5.41, 5.74) is 1.65. The van der Waals surface area contributed by atoms with E-state index in [0.717, 1.165) is 12.1 Å². The maximum atomic E-state index is 13.1. The van der Waals surface area contributed by atoms with Gasteiger partial charge in [0.2, 0.25) is 0 Å². The number of aryl methyl sites for hydroxylation is 2. The number of alkyl halides is 3. The Morgan fingerprint density at radius 2 is 1.92 bits per heavy atom. The minimum absolute atomic E-state index is 0.151. The van der Waals surface area contributed by atoms with E-state index in [1.54, 1.807) is 24.6 Å². The standard InChI is InChI=1S/C18H13Cl2F3N2O/c1-9-3-11(18(21,22)23)4-15-13(9)5-12(25(15)2)6-14-16(19)10(8-26)7-24-17(14)20/h3-5,7-8H,6H2,1-2H3. The largest absolute Gasteiger partial charge is 0.416 e. The summed E-state index contributed by atoms with van der Waals surface area (Å²) < 4.78 is 40.9. The number of carbonyl (C=O) groups excluding carboxylic acids is 1. The molecule has 0 atom stereocenters. The van der Waals surface area contributed by atoms with E-state index in [2.05, 4.69) is 4.98 Å². The highest BCUT2D eigenvalue weighted by Gasteiger charge is 2.31. The van der Waals surface area contributed by atoms with Crippen molar-refractivity contribution in [1.82, 2.24) is 9.55 Å². The van der Waals surface area contributed by atoms with Gasteiger partial charge in [-0.15, -0.1) is 0 Å². The zero-order valence-corrected chi connectivity index (χ0v) is 15.3. The number of hydrogen-bond acceptors (Lipinski definition) is 2. The van der Waals surface area contributed by atoms with Gasteiger partial charge < -0.3 is 4.57 Å². The molecular formula is C18H13Cl2F3N2O. The molecule has 3 rings (SSSR count). The van der Waals surface area contributed by atoms with E-state index in [0.29, 0.717) is 34.0 Å². The van der Waals surface area contributed by atoms with Crippen LogP contribution in [-0.4, -0.2) is 15.8 Å². The number of carbonyl (C=O) groups is 1. The van der Waals surface area contributed by atoms with Crippen molar-refractivity contribution < 1.29 is 18.0 Å². The molecule has 2 aromatic heterocycles. The van der Waals surface area contributed by atoms with Crippen LogP contribution in [0.5, 0.6) is 0 Å². The van der Waals surface area contributed by atoms with E-state index in [1.165, 1.54) is 6.20 Å². The third kappa shape index (κ3) is 3.19. The second-order valence-electron chi connectivity index (χ2n) is 6.01. The van der Waals surface area contributed by atoms with Gasteiger partial charge in [0.25, 0.3) is 0 Å². The molecule has 0 aliphatic rings. The summed E-state index contributed by atoms with van der Waals surface area (Å²) in [6, 6.07) is 4.04. The van der Waals surface area contributed by atoms with Crippen molar-refractivity contribution in [3.63, 3.8) is 0 Å². The molecule has 8 heteroatoms. The van der Waals surface area contributed by atoms with Crippen LogP contribution in [0.15, 0.2) is 24.4 Å². The molecule has 136 valence electrons. The molecule has 0 saturated carbocycles. The topological polar surface area (TPSA) is 34.9 Å². The van der Waals surface area contributed by atoms with Crippen molar-refractivity contribution in [3.05, 3.63) is 62.5 Å². The van der Waals surface area contributed by atoms with Crippen LogP contribution in [0, 0.1) is 6.92 Å². The fourth-order valence-corrected chi connectivity index (χ4v) is 3.44. The number of pyridine rings is 1. The predicted octanol–water partition coefficient (Wildman–Crippen LogP) is 5.61. The third-order valence-corrected chi connectivity index (χ3v) is 5.14. The van der Waals surface area contributed by atoms with E-state index in [-0.39, 0.29) is 22.2 Å². The zero-order chi connectivity index (χ0) is 19.2. The van der Waals surface area contributed by atoms with Crippen molar-refractivity contribution in [2.45, 2.75) is 19.5 Å². The lowest BCUT2D eigenvalue weighted by Gasteiger charge is -2.11.